The SMILES string of the molecule is CN=C(NCCCc1cnn(C)c1)NCCc1ccc(Cl)cc1.I. The van der Waals surface area contributed by atoms with Crippen LogP contribution in [0.4, 0.5) is 0 Å². The van der Waals surface area contributed by atoms with Crippen molar-refractivity contribution in [3.63, 3.8) is 0 Å². The molecule has 0 bridgehead atoms. The smallest absolute Gasteiger partial charge is 0.190 e. The highest BCUT2D eigenvalue weighted by molar-refractivity contribution is 14.0. The van der Waals surface area contributed by atoms with E-state index in [1.807, 2.05) is 42.2 Å². The van der Waals surface area contributed by atoms with Crippen LogP contribution in [-0.2, 0) is 19.9 Å². The van der Waals surface area contributed by atoms with Crippen molar-refractivity contribution < 1.29 is 0 Å². The average Bonchev–Trinajstić information content (AvgIpc) is 2.97. The lowest BCUT2D eigenvalue weighted by Gasteiger charge is -2.11. The maximum Gasteiger partial charge on any atom is 0.190 e. The first-order valence-corrected chi connectivity index (χ1v) is 8.21. The lowest BCUT2D eigenvalue weighted by atomic mass is 10.1. The van der Waals surface area contributed by atoms with E-state index in [0.717, 1.165) is 43.3 Å². The number of nitrogens with one attached hydrogen (secondary N) is 2. The molecule has 5 nitrogen and oxygen atoms in total. The zero-order valence-electron chi connectivity index (χ0n) is 14.1. The van der Waals surface area contributed by atoms with Crippen molar-refractivity contribution >= 4 is 41.5 Å². The maximum atomic E-state index is 5.89. The number of aryl methyl sites for hydroxylation is 2. The Morgan fingerprint density at radius 3 is 2.46 bits per heavy atom. The van der Waals surface area contributed by atoms with Crippen LogP contribution in [0.1, 0.15) is 17.5 Å². The third-order valence-electron chi connectivity index (χ3n) is 3.54. The molecule has 0 aliphatic rings. The number of aromatic nitrogens is 2. The summed E-state index contributed by atoms with van der Waals surface area (Å²) >= 11 is 5.89. The summed E-state index contributed by atoms with van der Waals surface area (Å²) in [4.78, 5) is 4.24. The van der Waals surface area contributed by atoms with E-state index in [2.05, 4.69) is 26.9 Å². The predicted molar refractivity (Wildman–Crippen MR) is 111 cm³/mol. The molecule has 0 unspecified atom stereocenters. The van der Waals surface area contributed by atoms with Crippen molar-refractivity contribution in [2.75, 3.05) is 20.1 Å². The van der Waals surface area contributed by atoms with E-state index in [1.165, 1.54) is 11.1 Å². The summed E-state index contributed by atoms with van der Waals surface area (Å²) in [5.41, 5.74) is 2.52. The van der Waals surface area contributed by atoms with Gasteiger partial charge in [0.1, 0.15) is 0 Å². The van der Waals surface area contributed by atoms with Crippen LogP contribution in [0.5, 0.6) is 0 Å². The molecule has 0 radical (unpaired) electrons. The van der Waals surface area contributed by atoms with E-state index in [0.29, 0.717) is 0 Å². The molecule has 2 aromatic rings. The van der Waals surface area contributed by atoms with Crippen LogP contribution in [0.2, 0.25) is 5.02 Å². The van der Waals surface area contributed by atoms with E-state index in [4.69, 9.17) is 11.6 Å². The van der Waals surface area contributed by atoms with Gasteiger partial charge < -0.3 is 10.6 Å². The van der Waals surface area contributed by atoms with Gasteiger partial charge in [0.2, 0.25) is 0 Å². The average molecular weight is 462 g/mol. The fraction of sp³-hybridized carbons (Fsp3) is 0.412. The highest BCUT2D eigenvalue weighted by Crippen LogP contribution is 2.09. The quantitative estimate of drug-likeness (QED) is 0.288. The second-order valence-electron chi connectivity index (χ2n) is 5.43. The molecule has 1 aromatic heterocycles. The Kier molecular flexibility index (Phi) is 9.78. The van der Waals surface area contributed by atoms with Gasteiger partial charge in [-0.3, -0.25) is 9.67 Å². The number of aliphatic imine (C=N–C) groups is 1. The Hall–Kier alpha value is -1.28. The minimum atomic E-state index is 0. The summed E-state index contributed by atoms with van der Waals surface area (Å²) in [5.74, 6) is 0.838. The summed E-state index contributed by atoms with van der Waals surface area (Å²) in [5, 5.41) is 11.6. The first-order chi connectivity index (χ1) is 11.2. The molecule has 1 aromatic carbocycles. The summed E-state index contributed by atoms with van der Waals surface area (Å²) in [6, 6.07) is 7.94. The Balaban J connectivity index is 0.00000288. The summed E-state index contributed by atoms with van der Waals surface area (Å²) < 4.78 is 1.83. The molecular weight excluding hydrogens is 437 g/mol. The summed E-state index contributed by atoms with van der Waals surface area (Å²) in [6.45, 7) is 1.72. The van der Waals surface area contributed by atoms with Gasteiger partial charge in [-0.1, -0.05) is 23.7 Å². The number of halogens is 2. The van der Waals surface area contributed by atoms with Crippen molar-refractivity contribution in [3.05, 3.63) is 52.8 Å². The van der Waals surface area contributed by atoms with Gasteiger partial charge in [0.25, 0.3) is 0 Å². The standard InChI is InChI=1S/C17H24ClN5.HI/c1-19-17(20-10-3-4-15-12-22-23(2)13-15)21-11-9-14-5-7-16(18)8-6-14;/h5-8,12-13H,3-4,9-11H2,1-2H3,(H2,19,20,21);1H. The zero-order chi connectivity index (χ0) is 16.5. The van der Waals surface area contributed by atoms with Gasteiger partial charge >= 0.3 is 0 Å². The summed E-state index contributed by atoms with van der Waals surface area (Å²) in [6.07, 6.45) is 6.97. The number of hydrogen-bond acceptors (Lipinski definition) is 2. The van der Waals surface area contributed by atoms with Crippen molar-refractivity contribution in [2.24, 2.45) is 12.0 Å². The molecule has 7 heteroatoms. The van der Waals surface area contributed by atoms with Gasteiger partial charge in [-0.05, 0) is 42.5 Å². The number of benzene rings is 1. The Labute approximate surface area is 165 Å². The van der Waals surface area contributed by atoms with E-state index in [-0.39, 0.29) is 24.0 Å². The second kappa shape index (κ2) is 11.3. The lowest BCUT2D eigenvalue weighted by molar-refractivity contribution is 0.736. The van der Waals surface area contributed by atoms with E-state index in [1.54, 1.807) is 7.05 Å². The highest BCUT2D eigenvalue weighted by Gasteiger charge is 2.00. The van der Waals surface area contributed by atoms with E-state index >= 15 is 0 Å². The number of hydrogen-bond donors (Lipinski definition) is 2. The molecule has 0 saturated carbocycles. The minimum Gasteiger partial charge on any atom is -0.356 e. The molecule has 0 aliphatic carbocycles. The molecular formula is C17H25ClIN5. The van der Waals surface area contributed by atoms with Crippen LogP contribution in [0.25, 0.3) is 0 Å². The fourth-order valence-corrected chi connectivity index (χ4v) is 2.42. The van der Waals surface area contributed by atoms with Crippen LogP contribution in [0.15, 0.2) is 41.7 Å². The lowest BCUT2D eigenvalue weighted by Crippen LogP contribution is -2.38. The summed E-state index contributed by atoms with van der Waals surface area (Å²) in [7, 11) is 3.73. The van der Waals surface area contributed by atoms with Crippen LogP contribution < -0.4 is 10.6 Å². The molecule has 2 N–H and O–H groups in total. The topological polar surface area (TPSA) is 54.2 Å². The first kappa shape index (κ1) is 20.8. The Morgan fingerprint density at radius 2 is 1.83 bits per heavy atom. The molecule has 1 heterocycles. The third kappa shape index (κ3) is 7.53. The van der Waals surface area contributed by atoms with Gasteiger partial charge in [0, 0.05) is 38.4 Å². The van der Waals surface area contributed by atoms with E-state index in [9.17, 15) is 0 Å². The number of rotatable bonds is 7. The number of guanidine groups is 1. The first-order valence-electron chi connectivity index (χ1n) is 7.84. The minimum absolute atomic E-state index is 0. The molecule has 0 spiro atoms. The monoisotopic (exact) mass is 461 g/mol. The van der Waals surface area contributed by atoms with Crippen molar-refractivity contribution in [3.8, 4) is 0 Å². The van der Waals surface area contributed by atoms with Crippen molar-refractivity contribution in [2.45, 2.75) is 19.3 Å². The maximum absolute atomic E-state index is 5.89. The molecule has 132 valence electrons. The predicted octanol–water partition coefficient (Wildman–Crippen LogP) is 3.03. The van der Waals surface area contributed by atoms with Crippen LogP contribution in [0, 0.1) is 0 Å². The molecule has 0 aliphatic heterocycles. The van der Waals surface area contributed by atoms with Crippen molar-refractivity contribution in [1.82, 2.24) is 20.4 Å². The highest BCUT2D eigenvalue weighted by atomic mass is 127. The third-order valence-corrected chi connectivity index (χ3v) is 3.79. The molecule has 0 saturated heterocycles. The second-order valence-corrected chi connectivity index (χ2v) is 5.86. The van der Waals surface area contributed by atoms with Gasteiger partial charge in [0.05, 0.1) is 6.20 Å². The van der Waals surface area contributed by atoms with E-state index < -0.39 is 0 Å². The van der Waals surface area contributed by atoms with Gasteiger partial charge in [0.15, 0.2) is 5.96 Å². The van der Waals surface area contributed by atoms with Crippen molar-refractivity contribution in [1.29, 1.82) is 0 Å². The molecule has 0 fully saturated rings. The normalized spacial score (nSPS) is 11.0. The Bertz CT molecular complexity index is 624. The van der Waals surface area contributed by atoms with Gasteiger partial charge in [-0.2, -0.15) is 5.10 Å². The van der Waals surface area contributed by atoms with Gasteiger partial charge in [-0.15, -0.1) is 24.0 Å². The largest absolute Gasteiger partial charge is 0.356 e. The molecule has 0 amide bonds. The molecule has 2 rings (SSSR count). The molecule has 24 heavy (non-hydrogen) atoms. The van der Waals surface area contributed by atoms with Crippen LogP contribution in [0.3, 0.4) is 0 Å². The van der Waals surface area contributed by atoms with Crippen LogP contribution in [-0.4, -0.2) is 35.9 Å². The number of nitrogens with zero attached hydrogens (tertiary/aromatic N) is 3. The zero-order valence-corrected chi connectivity index (χ0v) is 17.2. The Morgan fingerprint density at radius 1 is 1.12 bits per heavy atom. The molecule has 0 atom stereocenters. The van der Waals surface area contributed by atoms with Crippen LogP contribution >= 0.6 is 35.6 Å². The fourth-order valence-electron chi connectivity index (χ4n) is 2.30. The van der Waals surface area contributed by atoms with Gasteiger partial charge in [-0.25, -0.2) is 0 Å².